The fourth-order valence-electron chi connectivity index (χ4n) is 5.05. The fourth-order valence-corrected chi connectivity index (χ4v) is 5.05. The van der Waals surface area contributed by atoms with Gasteiger partial charge in [0, 0.05) is 18.3 Å². The summed E-state index contributed by atoms with van der Waals surface area (Å²) >= 11 is 0. The Kier molecular flexibility index (Phi) is 3.86. The molecule has 21 heavy (non-hydrogen) atoms. The minimum Gasteiger partial charge on any atom is -0.368 e. The third-order valence-electron chi connectivity index (χ3n) is 6.24. The topological polar surface area (TPSA) is 68.2 Å². The van der Waals surface area contributed by atoms with Crippen molar-refractivity contribution in [1.82, 2.24) is 0 Å². The molecular weight excluding hydrogens is 272 g/mol. The summed E-state index contributed by atoms with van der Waals surface area (Å²) in [7, 11) is 0. The monoisotopic (exact) mass is 300 g/mol. The Hall–Kier alpha value is -0.200. The SMILES string of the molecule is C[C@H]1[C@H](O)O[C@]2(C)O[C@](C)(OO)CC[C@@H]3C2[C@H]1CC[C@H]3C. The molecule has 1 saturated carbocycles. The van der Waals surface area contributed by atoms with E-state index in [-0.39, 0.29) is 11.8 Å². The summed E-state index contributed by atoms with van der Waals surface area (Å²) in [6, 6.07) is 0. The zero-order chi connectivity index (χ0) is 15.4. The largest absolute Gasteiger partial charge is 0.368 e. The van der Waals surface area contributed by atoms with Crippen molar-refractivity contribution in [3.05, 3.63) is 0 Å². The van der Waals surface area contributed by atoms with Crippen molar-refractivity contribution in [2.45, 2.75) is 71.2 Å². The second kappa shape index (κ2) is 5.17. The van der Waals surface area contributed by atoms with Gasteiger partial charge < -0.3 is 14.6 Å². The van der Waals surface area contributed by atoms with E-state index in [0.29, 0.717) is 24.2 Å². The van der Waals surface area contributed by atoms with E-state index in [1.807, 2.05) is 6.92 Å². The molecule has 1 unspecified atom stereocenters. The summed E-state index contributed by atoms with van der Waals surface area (Å²) in [5.74, 6) is -0.179. The summed E-state index contributed by atoms with van der Waals surface area (Å²) in [5, 5.41) is 19.6. The molecule has 0 aromatic rings. The Morgan fingerprint density at radius 1 is 1.10 bits per heavy atom. The van der Waals surface area contributed by atoms with Gasteiger partial charge in [0.15, 0.2) is 12.1 Å². The van der Waals surface area contributed by atoms with Gasteiger partial charge in [-0.25, -0.2) is 10.1 Å². The molecule has 2 aliphatic heterocycles. The first-order valence-electron chi connectivity index (χ1n) is 8.18. The molecule has 8 atom stereocenters. The van der Waals surface area contributed by atoms with Gasteiger partial charge in [0.1, 0.15) is 0 Å². The van der Waals surface area contributed by atoms with E-state index in [2.05, 4.69) is 18.7 Å². The first-order valence-corrected chi connectivity index (χ1v) is 8.18. The average molecular weight is 300 g/mol. The molecule has 3 rings (SSSR count). The highest BCUT2D eigenvalue weighted by molar-refractivity contribution is 5.00. The molecule has 0 aromatic heterocycles. The van der Waals surface area contributed by atoms with Crippen molar-refractivity contribution >= 4 is 0 Å². The van der Waals surface area contributed by atoms with E-state index in [9.17, 15) is 10.4 Å². The normalized spacial score (nSPS) is 57.4. The third-order valence-corrected chi connectivity index (χ3v) is 6.24. The van der Waals surface area contributed by atoms with Crippen LogP contribution in [0.2, 0.25) is 0 Å². The van der Waals surface area contributed by atoms with Gasteiger partial charge in [0.2, 0.25) is 5.79 Å². The van der Waals surface area contributed by atoms with Crippen LogP contribution in [0, 0.1) is 29.6 Å². The lowest BCUT2D eigenvalue weighted by atomic mass is 9.59. The van der Waals surface area contributed by atoms with Crippen LogP contribution in [0.5, 0.6) is 0 Å². The van der Waals surface area contributed by atoms with Gasteiger partial charge in [0.25, 0.3) is 0 Å². The van der Waals surface area contributed by atoms with Crippen LogP contribution in [0.25, 0.3) is 0 Å². The Balaban J connectivity index is 2.01. The minimum atomic E-state index is -1.07. The summed E-state index contributed by atoms with van der Waals surface area (Å²) in [6.45, 7) is 7.99. The summed E-state index contributed by atoms with van der Waals surface area (Å²) in [6.07, 6.45) is 3.02. The summed E-state index contributed by atoms with van der Waals surface area (Å²) in [5.41, 5.74) is 0. The van der Waals surface area contributed by atoms with Crippen LogP contribution in [-0.2, 0) is 14.4 Å². The molecule has 1 aliphatic carbocycles. The summed E-state index contributed by atoms with van der Waals surface area (Å²) < 4.78 is 12.0. The lowest BCUT2D eigenvalue weighted by Crippen LogP contribution is -2.60. The van der Waals surface area contributed by atoms with Gasteiger partial charge in [-0.2, -0.15) is 0 Å². The van der Waals surface area contributed by atoms with Gasteiger partial charge in [-0.05, 0) is 44.4 Å². The van der Waals surface area contributed by atoms with Gasteiger partial charge >= 0.3 is 0 Å². The van der Waals surface area contributed by atoms with Crippen molar-refractivity contribution in [3.8, 4) is 0 Å². The molecule has 0 spiro atoms. The van der Waals surface area contributed by atoms with Crippen LogP contribution in [0.15, 0.2) is 0 Å². The zero-order valence-corrected chi connectivity index (χ0v) is 13.4. The van der Waals surface area contributed by atoms with Gasteiger partial charge in [-0.1, -0.05) is 20.3 Å². The molecule has 2 saturated heterocycles. The highest BCUT2D eigenvalue weighted by atomic mass is 17.1. The molecule has 5 heteroatoms. The molecule has 0 bridgehead atoms. The number of hydrogen-bond acceptors (Lipinski definition) is 5. The fraction of sp³-hybridized carbons (Fsp3) is 1.00. The van der Waals surface area contributed by atoms with E-state index in [1.54, 1.807) is 6.92 Å². The van der Waals surface area contributed by atoms with E-state index >= 15 is 0 Å². The molecule has 3 fully saturated rings. The molecule has 0 aromatic carbocycles. The lowest BCUT2D eigenvalue weighted by molar-refractivity contribution is -0.471. The molecule has 2 heterocycles. The van der Waals surface area contributed by atoms with Crippen LogP contribution in [-0.4, -0.2) is 28.2 Å². The Labute approximate surface area is 126 Å². The van der Waals surface area contributed by atoms with Crippen LogP contribution in [0.3, 0.4) is 0 Å². The minimum absolute atomic E-state index is 0.112. The smallest absolute Gasteiger partial charge is 0.201 e. The quantitative estimate of drug-likeness (QED) is 0.575. The first-order chi connectivity index (χ1) is 9.80. The Bertz CT molecular complexity index is 402. The maximum Gasteiger partial charge on any atom is 0.201 e. The van der Waals surface area contributed by atoms with Crippen LogP contribution < -0.4 is 0 Å². The predicted molar refractivity (Wildman–Crippen MR) is 76.0 cm³/mol. The van der Waals surface area contributed by atoms with Crippen molar-refractivity contribution in [1.29, 1.82) is 0 Å². The number of aliphatic hydroxyl groups is 1. The van der Waals surface area contributed by atoms with Gasteiger partial charge in [-0.15, -0.1) is 0 Å². The average Bonchev–Trinajstić information content (AvgIpc) is 2.54. The Morgan fingerprint density at radius 2 is 1.81 bits per heavy atom. The van der Waals surface area contributed by atoms with Crippen molar-refractivity contribution in [2.75, 3.05) is 0 Å². The van der Waals surface area contributed by atoms with Crippen LogP contribution in [0.1, 0.15) is 53.4 Å². The molecular formula is C16H28O5. The second-order valence-electron chi connectivity index (χ2n) is 7.66. The summed E-state index contributed by atoms with van der Waals surface area (Å²) in [4.78, 5) is 4.63. The number of ether oxygens (including phenoxy) is 2. The predicted octanol–water partition coefficient (Wildman–Crippen LogP) is 2.98. The molecule has 122 valence electrons. The highest BCUT2D eigenvalue weighted by Gasteiger charge is 2.60. The molecule has 5 nitrogen and oxygen atoms in total. The van der Waals surface area contributed by atoms with Gasteiger partial charge in [0.05, 0.1) is 0 Å². The molecule has 0 radical (unpaired) electrons. The van der Waals surface area contributed by atoms with E-state index in [1.165, 1.54) is 6.42 Å². The van der Waals surface area contributed by atoms with Crippen LogP contribution in [0.4, 0.5) is 0 Å². The maximum atomic E-state index is 10.3. The molecule has 3 aliphatic rings. The zero-order valence-electron chi connectivity index (χ0n) is 13.4. The van der Waals surface area contributed by atoms with Gasteiger partial charge in [-0.3, -0.25) is 0 Å². The third kappa shape index (κ3) is 2.43. The standard InChI is InChI=1S/C16H28O5/c1-9-5-6-12-10(2)14(17)19-16(4)13(12)11(9)7-8-15(3,20-16)21-18/h9-14,17-18H,5-8H2,1-4H3/t9-,10-,11+,12+,13?,14-,15-,16-/m1/s1. The second-order valence-corrected chi connectivity index (χ2v) is 7.66. The van der Waals surface area contributed by atoms with E-state index in [0.717, 1.165) is 12.8 Å². The highest BCUT2D eigenvalue weighted by Crippen LogP contribution is 2.57. The van der Waals surface area contributed by atoms with E-state index in [4.69, 9.17) is 9.47 Å². The van der Waals surface area contributed by atoms with Crippen LogP contribution >= 0.6 is 0 Å². The number of hydrogen-bond donors (Lipinski definition) is 2. The van der Waals surface area contributed by atoms with Crippen molar-refractivity contribution in [2.24, 2.45) is 29.6 Å². The first kappa shape index (κ1) is 15.7. The number of aliphatic hydroxyl groups excluding tert-OH is 1. The lowest BCUT2D eigenvalue weighted by Gasteiger charge is -2.56. The molecule has 0 amide bonds. The Morgan fingerprint density at radius 3 is 2.48 bits per heavy atom. The van der Waals surface area contributed by atoms with Crippen molar-refractivity contribution in [3.63, 3.8) is 0 Å². The molecule has 2 N–H and O–H groups in total. The van der Waals surface area contributed by atoms with E-state index < -0.39 is 17.9 Å². The number of rotatable bonds is 1. The maximum absolute atomic E-state index is 10.3. The van der Waals surface area contributed by atoms with Crippen molar-refractivity contribution < 1.29 is 24.7 Å².